The van der Waals surface area contributed by atoms with E-state index in [0.717, 1.165) is 42.7 Å². The normalized spacial score (nSPS) is 22.8. The molecule has 2 fully saturated rings. The largest absolute Gasteiger partial charge is 0.385 e. The van der Waals surface area contributed by atoms with Crippen LogP contribution >= 0.6 is 11.6 Å². The van der Waals surface area contributed by atoms with E-state index < -0.39 is 22.0 Å². The lowest BCUT2D eigenvalue weighted by atomic mass is 9.94. The van der Waals surface area contributed by atoms with Gasteiger partial charge < -0.3 is 19.9 Å². The molecule has 9 nitrogen and oxygen atoms in total. The molecule has 1 amide bonds. The van der Waals surface area contributed by atoms with Crippen molar-refractivity contribution in [2.45, 2.75) is 42.7 Å². The Bertz CT molecular complexity index is 1390. The van der Waals surface area contributed by atoms with E-state index in [4.69, 9.17) is 27.1 Å². The lowest BCUT2D eigenvalue weighted by molar-refractivity contribution is -0.136. The third-order valence-electron chi connectivity index (χ3n) is 7.61. The molecule has 3 heterocycles. The van der Waals surface area contributed by atoms with Gasteiger partial charge in [0.15, 0.2) is 0 Å². The zero-order valence-corrected chi connectivity index (χ0v) is 23.1. The molecule has 1 unspecified atom stereocenters. The van der Waals surface area contributed by atoms with Gasteiger partial charge in [-0.05, 0) is 55.7 Å². The van der Waals surface area contributed by atoms with Crippen molar-refractivity contribution in [3.8, 4) is 0 Å². The number of imidazole rings is 1. The highest BCUT2D eigenvalue weighted by molar-refractivity contribution is 7.89. The Morgan fingerprint density at radius 3 is 2.66 bits per heavy atom. The first-order valence-corrected chi connectivity index (χ1v) is 14.9. The van der Waals surface area contributed by atoms with Crippen molar-refractivity contribution in [1.82, 2.24) is 18.8 Å². The van der Waals surface area contributed by atoms with Gasteiger partial charge in [0.25, 0.3) is 0 Å². The Kier molecular flexibility index (Phi) is 8.06. The molecule has 2 aromatic carbocycles. The lowest BCUT2D eigenvalue weighted by Gasteiger charge is -2.35. The van der Waals surface area contributed by atoms with Gasteiger partial charge >= 0.3 is 0 Å². The van der Waals surface area contributed by atoms with Gasteiger partial charge in [-0.2, -0.15) is 4.31 Å². The second kappa shape index (κ2) is 11.3. The second-order valence-electron chi connectivity index (χ2n) is 10.1. The molecular formula is C27H34ClN5O4S. The van der Waals surface area contributed by atoms with Gasteiger partial charge in [0.2, 0.25) is 15.9 Å². The minimum Gasteiger partial charge on any atom is -0.385 e. The number of methoxy groups -OCH3 is 1. The third kappa shape index (κ3) is 5.33. The maximum Gasteiger partial charge on any atom is 0.243 e. The quantitative estimate of drug-likeness (QED) is 0.425. The third-order valence-corrected chi connectivity index (χ3v) is 9.71. The average Bonchev–Trinajstić information content (AvgIpc) is 3.50. The predicted molar refractivity (Wildman–Crippen MR) is 146 cm³/mol. The van der Waals surface area contributed by atoms with E-state index in [-0.39, 0.29) is 29.8 Å². The summed E-state index contributed by atoms with van der Waals surface area (Å²) in [6.07, 6.45) is 2.66. The molecule has 3 atom stereocenters. The van der Waals surface area contributed by atoms with E-state index in [1.54, 1.807) is 19.2 Å². The Morgan fingerprint density at radius 1 is 1.13 bits per heavy atom. The molecular weight excluding hydrogens is 526 g/mol. The van der Waals surface area contributed by atoms with Gasteiger partial charge in [0.05, 0.1) is 21.8 Å². The number of hydrogen-bond acceptors (Lipinski definition) is 6. The molecule has 0 spiro atoms. The predicted octanol–water partition coefficient (Wildman–Crippen LogP) is 3.08. The van der Waals surface area contributed by atoms with Crippen molar-refractivity contribution in [2.75, 3.05) is 39.9 Å². The van der Waals surface area contributed by atoms with Crippen LogP contribution in [-0.2, 0) is 26.1 Å². The summed E-state index contributed by atoms with van der Waals surface area (Å²) in [6, 6.07) is 13.6. The average molecular weight is 560 g/mol. The minimum atomic E-state index is -3.77. The van der Waals surface area contributed by atoms with Gasteiger partial charge in [-0.3, -0.25) is 4.79 Å². The summed E-state index contributed by atoms with van der Waals surface area (Å²) in [5.41, 5.74) is 8.40. The highest BCUT2D eigenvalue weighted by Gasteiger charge is 2.43. The Balaban J connectivity index is 1.32. The summed E-state index contributed by atoms with van der Waals surface area (Å²) in [7, 11) is -2.07. The number of para-hydroxylation sites is 2. The highest BCUT2D eigenvalue weighted by Crippen LogP contribution is 2.32. The number of ether oxygens (including phenoxy) is 1. The van der Waals surface area contributed by atoms with Crippen LogP contribution in [0.4, 0.5) is 0 Å². The molecule has 0 radical (unpaired) electrons. The molecule has 38 heavy (non-hydrogen) atoms. The molecule has 2 aliphatic heterocycles. The number of nitrogens with zero attached hydrogens (tertiary/aromatic N) is 4. The smallest absolute Gasteiger partial charge is 0.243 e. The van der Waals surface area contributed by atoms with Crippen LogP contribution in [-0.4, -0.2) is 79.0 Å². The van der Waals surface area contributed by atoms with Crippen LogP contribution in [0.15, 0.2) is 53.4 Å². The number of benzene rings is 2. The summed E-state index contributed by atoms with van der Waals surface area (Å²) in [5.74, 6) is 0.408. The van der Waals surface area contributed by atoms with Crippen LogP contribution in [0.3, 0.4) is 0 Å². The van der Waals surface area contributed by atoms with Crippen LogP contribution in [0.5, 0.6) is 0 Å². The van der Waals surface area contributed by atoms with Gasteiger partial charge in [-0.1, -0.05) is 23.7 Å². The number of nitrogens with two attached hydrogens (primary N) is 1. The first kappa shape index (κ1) is 27.1. The van der Waals surface area contributed by atoms with E-state index in [2.05, 4.69) is 10.6 Å². The highest BCUT2D eigenvalue weighted by atomic mass is 35.5. The number of piperidine rings is 1. The van der Waals surface area contributed by atoms with Crippen molar-refractivity contribution in [3.05, 3.63) is 59.4 Å². The van der Waals surface area contributed by atoms with Gasteiger partial charge in [0, 0.05) is 63.4 Å². The van der Waals surface area contributed by atoms with Gasteiger partial charge in [-0.15, -0.1) is 0 Å². The van der Waals surface area contributed by atoms with E-state index in [1.807, 2.05) is 23.1 Å². The standard InChI is InChI=1S/C27H34ClN5O4S/c1-37-15-5-14-33-25-8-3-2-7-24(25)30-26(33)19-6-4-13-31(16-19)27(34)22-17-32(18-23(22)29)38(35,36)21-11-9-20(28)10-12-21/h2-3,7-12,19,22-23H,4-6,13-18,29H2,1H3/t19?,22-,23-/m1/s1. The molecule has 1 aromatic heterocycles. The number of aryl methyl sites for hydroxylation is 1. The fraction of sp³-hybridized carbons (Fsp3) is 0.481. The number of hydrogen-bond donors (Lipinski definition) is 1. The monoisotopic (exact) mass is 559 g/mol. The van der Waals surface area contributed by atoms with Crippen molar-refractivity contribution in [2.24, 2.45) is 11.7 Å². The Hall–Kier alpha value is -2.50. The molecule has 0 aliphatic carbocycles. The van der Waals surface area contributed by atoms with Crippen molar-refractivity contribution in [1.29, 1.82) is 0 Å². The number of halogens is 1. The number of amides is 1. The molecule has 204 valence electrons. The molecule has 11 heteroatoms. The van der Waals surface area contributed by atoms with Crippen LogP contribution in [0.2, 0.25) is 5.02 Å². The number of likely N-dealkylation sites (tertiary alicyclic amines) is 1. The molecule has 3 aromatic rings. The summed E-state index contributed by atoms with van der Waals surface area (Å²) in [6.45, 7) is 2.80. The minimum absolute atomic E-state index is 0.0711. The van der Waals surface area contributed by atoms with Crippen LogP contribution < -0.4 is 5.73 Å². The summed E-state index contributed by atoms with van der Waals surface area (Å²) in [5, 5.41) is 0.460. The van der Waals surface area contributed by atoms with Crippen molar-refractivity contribution >= 4 is 38.6 Å². The number of carbonyl (C=O) groups is 1. The molecule has 0 bridgehead atoms. The van der Waals surface area contributed by atoms with Crippen molar-refractivity contribution < 1.29 is 17.9 Å². The molecule has 2 saturated heterocycles. The molecule has 5 rings (SSSR count). The first-order valence-electron chi connectivity index (χ1n) is 13.0. The fourth-order valence-electron chi connectivity index (χ4n) is 5.64. The van der Waals surface area contributed by atoms with Crippen LogP contribution in [0.25, 0.3) is 11.0 Å². The zero-order chi connectivity index (χ0) is 26.9. The summed E-state index contributed by atoms with van der Waals surface area (Å²) >= 11 is 5.93. The van der Waals surface area contributed by atoms with Crippen LogP contribution in [0.1, 0.15) is 31.0 Å². The number of aromatic nitrogens is 2. The van der Waals surface area contributed by atoms with E-state index in [0.29, 0.717) is 24.7 Å². The second-order valence-corrected chi connectivity index (χ2v) is 12.5. The number of fused-ring (bicyclic) bond motifs is 1. The van der Waals surface area contributed by atoms with Gasteiger partial charge in [0.1, 0.15) is 5.82 Å². The topological polar surface area (TPSA) is 111 Å². The Labute approximate surface area is 228 Å². The summed E-state index contributed by atoms with van der Waals surface area (Å²) in [4.78, 5) is 20.6. The fourth-order valence-corrected chi connectivity index (χ4v) is 7.26. The van der Waals surface area contributed by atoms with Crippen molar-refractivity contribution in [3.63, 3.8) is 0 Å². The van der Waals surface area contributed by atoms with Crippen LogP contribution in [0, 0.1) is 5.92 Å². The maximum atomic E-state index is 13.7. The SMILES string of the molecule is COCCCn1c(C2CCCN(C(=O)[C@@H]3CN(S(=O)(=O)c4ccc(Cl)cc4)C[C@H]3N)C2)nc2ccccc21. The Morgan fingerprint density at radius 2 is 1.89 bits per heavy atom. The first-order chi connectivity index (χ1) is 18.3. The van der Waals surface area contributed by atoms with E-state index >= 15 is 0 Å². The maximum absolute atomic E-state index is 13.7. The molecule has 0 saturated carbocycles. The molecule has 2 N–H and O–H groups in total. The number of sulfonamides is 1. The molecule has 2 aliphatic rings. The lowest BCUT2D eigenvalue weighted by Crippen LogP contribution is -2.47. The summed E-state index contributed by atoms with van der Waals surface area (Å²) < 4.78 is 35.2. The van der Waals surface area contributed by atoms with E-state index in [9.17, 15) is 13.2 Å². The zero-order valence-electron chi connectivity index (χ0n) is 21.5. The number of carbonyl (C=O) groups excluding carboxylic acids is 1. The van der Waals surface area contributed by atoms with E-state index in [1.165, 1.54) is 16.4 Å². The number of rotatable bonds is 8. The van der Waals surface area contributed by atoms with Gasteiger partial charge in [-0.25, -0.2) is 13.4 Å².